The zero-order valence-corrected chi connectivity index (χ0v) is 16.6. The van der Waals surface area contributed by atoms with Gasteiger partial charge in [0.2, 0.25) is 0 Å². The van der Waals surface area contributed by atoms with Gasteiger partial charge in [0.05, 0.1) is 18.7 Å². The molecule has 0 aliphatic carbocycles. The van der Waals surface area contributed by atoms with Crippen molar-refractivity contribution in [2.45, 2.75) is 11.6 Å². The lowest BCUT2D eigenvalue weighted by Crippen LogP contribution is -2.49. The Labute approximate surface area is 180 Å². The van der Waals surface area contributed by atoms with Crippen molar-refractivity contribution in [2.24, 2.45) is 10.7 Å². The lowest BCUT2D eigenvalue weighted by molar-refractivity contribution is -0.200. The molecule has 0 bridgehead atoms. The van der Waals surface area contributed by atoms with Crippen LogP contribution in [0.3, 0.4) is 0 Å². The average molecular weight is 458 g/mol. The smallest absolute Gasteiger partial charge is 0.386 e. The molecule has 0 radical (unpaired) electrons. The number of carbonyl (C=O) groups excluding carboxylic acids is 1. The van der Waals surface area contributed by atoms with Gasteiger partial charge in [0.15, 0.2) is 0 Å². The van der Waals surface area contributed by atoms with Gasteiger partial charge in [-0.15, -0.1) is 12.4 Å². The zero-order chi connectivity index (χ0) is 21.9. The summed E-state index contributed by atoms with van der Waals surface area (Å²) in [5.74, 6) is -1.99. The maximum atomic E-state index is 14.5. The van der Waals surface area contributed by atoms with Crippen LogP contribution in [-0.4, -0.2) is 42.7 Å². The molecule has 1 atom stereocenters. The highest BCUT2D eigenvalue weighted by molar-refractivity contribution is 6.02. The molecule has 31 heavy (non-hydrogen) atoms. The molecule has 1 aromatic carbocycles. The van der Waals surface area contributed by atoms with Crippen molar-refractivity contribution in [3.05, 3.63) is 59.2 Å². The summed E-state index contributed by atoms with van der Waals surface area (Å²) in [5.41, 5.74) is 2.07. The number of nitrogens with zero attached hydrogens (tertiary/aromatic N) is 3. The zero-order valence-electron chi connectivity index (χ0n) is 15.7. The number of rotatable bonds is 3. The van der Waals surface area contributed by atoms with Crippen molar-refractivity contribution < 1.29 is 27.1 Å². The van der Waals surface area contributed by atoms with E-state index in [-0.39, 0.29) is 41.8 Å². The van der Waals surface area contributed by atoms with Crippen LogP contribution in [0, 0.1) is 17.1 Å². The molecule has 12 heteroatoms. The molecule has 0 spiro atoms. The summed E-state index contributed by atoms with van der Waals surface area (Å²) in [6.45, 7) is -2.04. The van der Waals surface area contributed by atoms with E-state index in [1.165, 1.54) is 18.3 Å². The monoisotopic (exact) mass is 457 g/mol. The van der Waals surface area contributed by atoms with Crippen molar-refractivity contribution in [2.75, 3.05) is 25.1 Å². The van der Waals surface area contributed by atoms with Crippen LogP contribution in [0.15, 0.2) is 41.5 Å². The number of nitriles is 1. The summed E-state index contributed by atoms with van der Waals surface area (Å²) < 4.78 is 61.6. The van der Waals surface area contributed by atoms with Crippen molar-refractivity contribution >= 4 is 29.8 Å². The van der Waals surface area contributed by atoms with Crippen LogP contribution < -0.4 is 11.1 Å². The van der Waals surface area contributed by atoms with E-state index in [2.05, 4.69) is 15.3 Å². The molecule has 0 saturated carbocycles. The van der Waals surface area contributed by atoms with E-state index in [1.54, 1.807) is 0 Å². The molecule has 2 heterocycles. The number of amidine groups is 1. The van der Waals surface area contributed by atoms with Crippen LogP contribution in [0.5, 0.6) is 0 Å². The fourth-order valence-corrected chi connectivity index (χ4v) is 2.90. The maximum Gasteiger partial charge on any atom is 0.402 e. The third kappa shape index (κ3) is 4.92. The second-order valence-corrected chi connectivity index (χ2v) is 6.57. The van der Waals surface area contributed by atoms with Crippen LogP contribution >= 0.6 is 12.4 Å². The maximum absolute atomic E-state index is 14.5. The van der Waals surface area contributed by atoms with Crippen LogP contribution in [0.25, 0.3) is 0 Å². The Morgan fingerprint density at radius 3 is 2.65 bits per heavy atom. The number of aliphatic imine (C=N–C) groups is 1. The van der Waals surface area contributed by atoms with E-state index < -0.39 is 42.0 Å². The molecular formula is C19H16ClF4N5O2. The number of hydrogen-bond donors (Lipinski definition) is 2. The number of hydrogen-bond acceptors (Lipinski definition) is 6. The second kappa shape index (κ2) is 9.28. The largest absolute Gasteiger partial charge is 0.402 e. The lowest BCUT2D eigenvalue weighted by Gasteiger charge is -2.34. The number of amides is 1. The number of carbonyl (C=O) groups is 1. The Morgan fingerprint density at radius 2 is 2.03 bits per heavy atom. The Kier molecular flexibility index (Phi) is 7.20. The van der Waals surface area contributed by atoms with Crippen molar-refractivity contribution in [3.8, 4) is 6.07 Å². The number of anilines is 1. The number of ether oxygens (including phenoxy) is 1. The predicted octanol–water partition coefficient (Wildman–Crippen LogP) is 2.95. The summed E-state index contributed by atoms with van der Waals surface area (Å²) in [5, 5.41) is 11.1. The highest BCUT2D eigenvalue weighted by atomic mass is 35.5. The second-order valence-electron chi connectivity index (χ2n) is 6.57. The first-order valence-electron chi connectivity index (χ1n) is 8.57. The molecule has 0 saturated heterocycles. The molecule has 164 valence electrons. The molecule has 7 nitrogen and oxygen atoms in total. The average Bonchev–Trinajstić information content (AvgIpc) is 2.91. The molecule has 0 fully saturated rings. The first-order valence-corrected chi connectivity index (χ1v) is 8.57. The van der Waals surface area contributed by atoms with E-state index in [9.17, 15) is 22.4 Å². The predicted molar refractivity (Wildman–Crippen MR) is 106 cm³/mol. The molecule has 3 rings (SSSR count). The van der Waals surface area contributed by atoms with Crippen LogP contribution in [0.4, 0.5) is 23.2 Å². The molecule has 3 N–H and O–H groups in total. The Hall–Kier alpha value is -3.23. The van der Waals surface area contributed by atoms with E-state index in [0.717, 1.165) is 18.2 Å². The van der Waals surface area contributed by atoms with Crippen LogP contribution in [-0.2, 0) is 10.2 Å². The summed E-state index contributed by atoms with van der Waals surface area (Å²) in [4.78, 5) is 19.8. The Morgan fingerprint density at radius 1 is 1.29 bits per heavy atom. The minimum atomic E-state index is -4.90. The number of nitrogens with two attached hydrogens (primary N) is 1. The summed E-state index contributed by atoms with van der Waals surface area (Å²) in [6, 6.07) is 7.33. The number of nitrogens with one attached hydrogen (secondary N) is 1. The third-order valence-corrected chi connectivity index (χ3v) is 4.56. The van der Waals surface area contributed by atoms with E-state index in [1.807, 2.05) is 6.07 Å². The normalized spacial score (nSPS) is 18.7. The van der Waals surface area contributed by atoms with E-state index in [0.29, 0.717) is 0 Å². The van der Waals surface area contributed by atoms with Crippen LogP contribution in [0.2, 0.25) is 0 Å². The number of pyridine rings is 1. The highest BCUT2D eigenvalue weighted by Crippen LogP contribution is 2.44. The first kappa shape index (κ1) is 24.0. The van der Waals surface area contributed by atoms with E-state index >= 15 is 0 Å². The first-order chi connectivity index (χ1) is 14.2. The molecule has 2 aromatic rings. The van der Waals surface area contributed by atoms with Gasteiger partial charge < -0.3 is 15.8 Å². The number of halogens is 5. The van der Waals surface area contributed by atoms with Gasteiger partial charge in [-0.2, -0.15) is 18.4 Å². The SMILES string of the molecule is Cl.N#Cc1ccc(C(=O)Nc2ccc(F)c(C3(C(F)(F)F)CN=C(N)COC3)c2)nc1. The van der Waals surface area contributed by atoms with Crippen molar-refractivity contribution in [1.82, 2.24) is 4.98 Å². The molecule has 1 unspecified atom stereocenters. The topological polar surface area (TPSA) is 113 Å². The highest BCUT2D eigenvalue weighted by Gasteiger charge is 2.58. The summed E-state index contributed by atoms with van der Waals surface area (Å²) >= 11 is 0. The van der Waals surface area contributed by atoms with Gasteiger partial charge in [0.25, 0.3) is 5.91 Å². The summed E-state index contributed by atoms with van der Waals surface area (Å²) in [7, 11) is 0. The molecule has 1 aromatic heterocycles. The van der Waals surface area contributed by atoms with E-state index in [4.69, 9.17) is 15.7 Å². The van der Waals surface area contributed by atoms with Gasteiger partial charge in [-0.25, -0.2) is 9.37 Å². The van der Waals surface area contributed by atoms with Crippen molar-refractivity contribution in [3.63, 3.8) is 0 Å². The molecule has 1 aliphatic heterocycles. The fraction of sp³-hybridized carbons (Fsp3) is 0.263. The van der Waals surface area contributed by atoms with Gasteiger partial charge >= 0.3 is 6.18 Å². The van der Waals surface area contributed by atoms with Gasteiger partial charge in [0.1, 0.15) is 35.4 Å². The standard InChI is InChI=1S/C19H15F4N5O2.ClH/c20-14-3-2-12(28-17(29)15-4-1-11(6-24)7-26-15)5-13(14)18(19(21,22)23)9-27-16(25)8-30-10-18;/h1-5,7H,8-10H2,(H2,25,27)(H,28,29);1H. The van der Waals surface area contributed by atoms with Gasteiger partial charge in [-0.3, -0.25) is 9.79 Å². The molecular weight excluding hydrogens is 442 g/mol. The van der Waals surface area contributed by atoms with Gasteiger partial charge in [-0.05, 0) is 30.3 Å². The van der Waals surface area contributed by atoms with Crippen molar-refractivity contribution in [1.29, 1.82) is 5.26 Å². The summed E-state index contributed by atoms with van der Waals surface area (Å²) in [6.07, 6.45) is -3.73. The molecule has 1 aliphatic rings. The van der Waals surface area contributed by atoms with Gasteiger partial charge in [0, 0.05) is 17.4 Å². The Bertz CT molecular complexity index is 1040. The lowest BCUT2D eigenvalue weighted by atomic mass is 9.79. The quantitative estimate of drug-likeness (QED) is 0.688. The number of alkyl halides is 3. The minimum absolute atomic E-state index is 0. The number of benzene rings is 1. The van der Waals surface area contributed by atoms with Crippen LogP contribution in [0.1, 0.15) is 21.6 Å². The number of aromatic nitrogens is 1. The van der Waals surface area contributed by atoms with Gasteiger partial charge in [-0.1, -0.05) is 0 Å². The minimum Gasteiger partial charge on any atom is -0.386 e. The fourth-order valence-electron chi connectivity index (χ4n) is 2.90. The Balaban J connectivity index is 0.00000341. The third-order valence-electron chi connectivity index (χ3n) is 4.56. The molecule has 1 amide bonds.